The van der Waals surface area contributed by atoms with Crippen molar-refractivity contribution < 1.29 is 8.78 Å². The molecule has 2 rings (SSSR count). The molecular formula is C16H16BrF2N. The van der Waals surface area contributed by atoms with Gasteiger partial charge in [0.25, 0.3) is 0 Å². The molecule has 1 N–H and O–H groups in total. The Hall–Kier alpha value is -1.26. The van der Waals surface area contributed by atoms with E-state index in [0.29, 0.717) is 17.7 Å². The van der Waals surface area contributed by atoms with Gasteiger partial charge in [0.2, 0.25) is 0 Å². The maximum atomic E-state index is 14.0. The lowest BCUT2D eigenvalue weighted by Gasteiger charge is -2.12. The van der Waals surface area contributed by atoms with Crippen molar-refractivity contribution in [2.45, 2.75) is 19.9 Å². The van der Waals surface area contributed by atoms with Gasteiger partial charge in [-0.05, 0) is 54.4 Å². The normalized spacial score (nSPS) is 10.8. The van der Waals surface area contributed by atoms with Gasteiger partial charge in [-0.25, -0.2) is 8.78 Å². The summed E-state index contributed by atoms with van der Waals surface area (Å²) in [6, 6.07) is 9.22. The van der Waals surface area contributed by atoms with Crippen LogP contribution in [-0.2, 0) is 6.54 Å². The minimum atomic E-state index is -0.309. The second-order valence-electron chi connectivity index (χ2n) is 4.60. The highest BCUT2D eigenvalue weighted by molar-refractivity contribution is 9.10. The fraction of sp³-hybridized carbons (Fsp3) is 0.250. The molecule has 0 fully saturated rings. The van der Waals surface area contributed by atoms with Crippen LogP contribution in [0, 0.1) is 11.6 Å². The van der Waals surface area contributed by atoms with Crippen molar-refractivity contribution in [3.8, 4) is 11.1 Å². The first kappa shape index (κ1) is 15.1. The topological polar surface area (TPSA) is 12.0 Å². The maximum absolute atomic E-state index is 14.0. The maximum Gasteiger partial charge on any atom is 0.131 e. The van der Waals surface area contributed by atoms with Crippen molar-refractivity contribution in [3.63, 3.8) is 0 Å². The van der Waals surface area contributed by atoms with Gasteiger partial charge in [-0.3, -0.25) is 0 Å². The van der Waals surface area contributed by atoms with Gasteiger partial charge < -0.3 is 5.32 Å². The predicted molar refractivity (Wildman–Crippen MR) is 81.5 cm³/mol. The number of hydrogen-bond acceptors (Lipinski definition) is 1. The summed E-state index contributed by atoms with van der Waals surface area (Å²) in [5.74, 6) is -0.617. The van der Waals surface area contributed by atoms with Crippen molar-refractivity contribution in [3.05, 3.63) is 58.1 Å². The molecule has 2 aromatic carbocycles. The zero-order chi connectivity index (χ0) is 14.5. The molecule has 0 aromatic heterocycles. The predicted octanol–water partition coefficient (Wildman–Crippen LogP) is 4.89. The summed E-state index contributed by atoms with van der Waals surface area (Å²) >= 11 is 3.34. The van der Waals surface area contributed by atoms with E-state index in [9.17, 15) is 8.78 Å². The summed E-state index contributed by atoms with van der Waals surface area (Å²) in [6.07, 6.45) is 0.996. The molecule has 0 aliphatic carbocycles. The number of rotatable bonds is 5. The Morgan fingerprint density at radius 2 is 1.85 bits per heavy atom. The average molecular weight is 340 g/mol. The molecule has 0 unspecified atom stereocenters. The number of halogens is 3. The lowest BCUT2D eigenvalue weighted by molar-refractivity contribution is 0.617. The second kappa shape index (κ2) is 6.95. The molecular weight excluding hydrogens is 324 g/mol. The Morgan fingerprint density at radius 3 is 2.60 bits per heavy atom. The quantitative estimate of drug-likeness (QED) is 0.764. The number of hydrogen-bond donors (Lipinski definition) is 1. The molecule has 106 valence electrons. The van der Waals surface area contributed by atoms with E-state index in [4.69, 9.17) is 0 Å². The number of nitrogens with one attached hydrogen (secondary N) is 1. The van der Waals surface area contributed by atoms with E-state index < -0.39 is 0 Å². The van der Waals surface area contributed by atoms with E-state index in [-0.39, 0.29) is 11.6 Å². The summed E-state index contributed by atoms with van der Waals surface area (Å²) < 4.78 is 28.2. The molecule has 0 radical (unpaired) electrons. The van der Waals surface area contributed by atoms with Crippen molar-refractivity contribution in [1.29, 1.82) is 0 Å². The highest BCUT2D eigenvalue weighted by Crippen LogP contribution is 2.29. The van der Waals surface area contributed by atoms with Crippen molar-refractivity contribution in [2.24, 2.45) is 0 Å². The zero-order valence-corrected chi connectivity index (χ0v) is 12.8. The molecule has 1 nitrogen and oxygen atoms in total. The molecule has 2 aromatic rings. The van der Waals surface area contributed by atoms with Crippen LogP contribution in [0.15, 0.2) is 40.9 Å². The molecule has 0 saturated heterocycles. The molecule has 0 spiro atoms. The van der Waals surface area contributed by atoms with Crippen molar-refractivity contribution in [1.82, 2.24) is 5.32 Å². The van der Waals surface area contributed by atoms with Gasteiger partial charge in [-0.1, -0.05) is 28.9 Å². The van der Waals surface area contributed by atoms with Crippen molar-refractivity contribution in [2.75, 3.05) is 6.54 Å². The zero-order valence-electron chi connectivity index (χ0n) is 11.2. The van der Waals surface area contributed by atoms with Crippen LogP contribution in [0.2, 0.25) is 0 Å². The molecule has 0 aliphatic heterocycles. The molecule has 4 heteroatoms. The molecule has 0 bridgehead atoms. The van der Waals surface area contributed by atoms with E-state index in [1.54, 1.807) is 18.2 Å². The summed E-state index contributed by atoms with van der Waals surface area (Å²) in [5, 5.41) is 3.22. The third-order valence-electron chi connectivity index (χ3n) is 3.03. The molecule has 20 heavy (non-hydrogen) atoms. The van der Waals surface area contributed by atoms with Gasteiger partial charge in [0.1, 0.15) is 11.6 Å². The van der Waals surface area contributed by atoms with Gasteiger partial charge in [-0.2, -0.15) is 0 Å². The third-order valence-corrected chi connectivity index (χ3v) is 3.52. The van der Waals surface area contributed by atoms with E-state index in [2.05, 4.69) is 28.2 Å². The first-order valence-electron chi connectivity index (χ1n) is 6.56. The summed E-state index contributed by atoms with van der Waals surface area (Å²) in [6.45, 7) is 3.43. The van der Waals surface area contributed by atoms with Crippen LogP contribution < -0.4 is 5.32 Å². The van der Waals surface area contributed by atoms with Gasteiger partial charge in [-0.15, -0.1) is 0 Å². The minimum absolute atomic E-state index is 0.308. The first-order valence-corrected chi connectivity index (χ1v) is 7.35. The van der Waals surface area contributed by atoms with E-state index in [1.165, 1.54) is 18.2 Å². The van der Waals surface area contributed by atoms with Crippen molar-refractivity contribution >= 4 is 15.9 Å². The van der Waals surface area contributed by atoms with Gasteiger partial charge in [0, 0.05) is 16.6 Å². The van der Waals surface area contributed by atoms with Gasteiger partial charge in [0.15, 0.2) is 0 Å². The van der Waals surface area contributed by atoms with E-state index in [1.807, 2.05) is 0 Å². The average Bonchev–Trinajstić information content (AvgIpc) is 2.42. The highest BCUT2D eigenvalue weighted by atomic mass is 79.9. The minimum Gasteiger partial charge on any atom is -0.313 e. The van der Waals surface area contributed by atoms with Crippen LogP contribution in [0.1, 0.15) is 18.9 Å². The first-order chi connectivity index (χ1) is 9.61. The van der Waals surface area contributed by atoms with Crippen LogP contribution in [-0.4, -0.2) is 6.54 Å². The molecule has 0 heterocycles. The summed E-state index contributed by atoms with van der Waals surface area (Å²) in [5.41, 5.74) is 1.96. The lowest BCUT2D eigenvalue weighted by atomic mass is 9.99. The van der Waals surface area contributed by atoms with Crippen LogP contribution in [0.4, 0.5) is 8.78 Å². The Labute approximate surface area is 126 Å². The van der Waals surface area contributed by atoms with Crippen LogP contribution in [0.5, 0.6) is 0 Å². The van der Waals surface area contributed by atoms with Gasteiger partial charge in [0.05, 0.1) is 0 Å². The number of benzene rings is 2. The Morgan fingerprint density at radius 1 is 1.05 bits per heavy atom. The van der Waals surface area contributed by atoms with Gasteiger partial charge >= 0.3 is 0 Å². The Bertz CT molecular complexity index is 599. The van der Waals surface area contributed by atoms with Crippen LogP contribution >= 0.6 is 15.9 Å². The Kier molecular flexibility index (Phi) is 5.26. The van der Waals surface area contributed by atoms with E-state index >= 15 is 0 Å². The summed E-state index contributed by atoms with van der Waals surface area (Å²) in [4.78, 5) is 0. The lowest BCUT2D eigenvalue weighted by Crippen LogP contribution is -2.14. The SMILES string of the molecule is CCCNCc1cc(F)ccc1-c1cc(Br)ccc1F. The molecule has 0 aliphatic rings. The smallest absolute Gasteiger partial charge is 0.131 e. The standard InChI is InChI=1S/C16H16BrF2N/c1-2-7-20-10-11-8-13(18)4-5-14(11)15-9-12(17)3-6-16(15)19/h3-6,8-9,20H,2,7,10H2,1H3. The van der Waals surface area contributed by atoms with E-state index in [0.717, 1.165) is 23.0 Å². The highest BCUT2D eigenvalue weighted by Gasteiger charge is 2.11. The largest absolute Gasteiger partial charge is 0.313 e. The Balaban J connectivity index is 2.41. The molecule has 0 amide bonds. The monoisotopic (exact) mass is 339 g/mol. The second-order valence-corrected chi connectivity index (χ2v) is 5.52. The third kappa shape index (κ3) is 3.64. The fourth-order valence-corrected chi connectivity index (χ4v) is 2.44. The fourth-order valence-electron chi connectivity index (χ4n) is 2.08. The summed E-state index contributed by atoms with van der Waals surface area (Å²) in [7, 11) is 0. The molecule has 0 saturated carbocycles. The van der Waals surface area contributed by atoms with Crippen LogP contribution in [0.25, 0.3) is 11.1 Å². The molecule has 0 atom stereocenters. The van der Waals surface area contributed by atoms with Crippen LogP contribution in [0.3, 0.4) is 0 Å².